The molecule has 1 aromatic rings. The number of carbonyl (C=O) groups is 1. The van der Waals surface area contributed by atoms with Crippen LogP contribution in [0.3, 0.4) is 0 Å². The first-order chi connectivity index (χ1) is 8.15. The van der Waals surface area contributed by atoms with Crippen molar-refractivity contribution in [2.45, 2.75) is 24.8 Å². The van der Waals surface area contributed by atoms with Crippen molar-refractivity contribution in [2.75, 3.05) is 14.2 Å². The maximum atomic E-state index is 11.3. The molecule has 2 unspecified atom stereocenters. The quantitative estimate of drug-likeness (QED) is 0.800. The van der Waals surface area contributed by atoms with Gasteiger partial charge in [-0.15, -0.1) is 0 Å². The van der Waals surface area contributed by atoms with Crippen LogP contribution in [0.2, 0.25) is 0 Å². The standard InChI is InChI=1S/C13H17NO3/c1-16-9-3-4-10-8(5-9)6-12(14)11(10)7-13(15)17-2/h3-5,11-12H,6-7,14H2,1-2H3. The van der Waals surface area contributed by atoms with E-state index in [1.807, 2.05) is 18.2 Å². The minimum absolute atomic E-state index is 0.0174. The van der Waals surface area contributed by atoms with Crippen molar-refractivity contribution in [3.8, 4) is 5.75 Å². The number of ether oxygens (including phenoxy) is 2. The Morgan fingerprint density at radius 1 is 1.47 bits per heavy atom. The van der Waals surface area contributed by atoms with Crippen LogP contribution in [0.15, 0.2) is 18.2 Å². The van der Waals surface area contributed by atoms with Gasteiger partial charge in [-0.25, -0.2) is 0 Å². The van der Waals surface area contributed by atoms with Gasteiger partial charge in [-0.1, -0.05) is 6.07 Å². The Morgan fingerprint density at radius 2 is 2.24 bits per heavy atom. The van der Waals surface area contributed by atoms with E-state index in [9.17, 15) is 4.79 Å². The zero-order chi connectivity index (χ0) is 12.4. The fraction of sp³-hybridized carbons (Fsp3) is 0.462. The average Bonchev–Trinajstić information content (AvgIpc) is 2.64. The topological polar surface area (TPSA) is 61.5 Å². The first-order valence-electron chi connectivity index (χ1n) is 5.65. The predicted molar refractivity (Wildman–Crippen MR) is 64.0 cm³/mol. The van der Waals surface area contributed by atoms with Crippen molar-refractivity contribution in [1.82, 2.24) is 0 Å². The maximum absolute atomic E-state index is 11.3. The molecule has 0 saturated heterocycles. The number of esters is 1. The van der Waals surface area contributed by atoms with Gasteiger partial charge in [0.25, 0.3) is 0 Å². The molecule has 4 nitrogen and oxygen atoms in total. The van der Waals surface area contributed by atoms with Gasteiger partial charge in [0.2, 0.25) is 0 Å². The van der Waals surface area contributed by atoms with Crippen molar-refractivity contribution < 1.29 is 14.3 Å². The first kappa shape index (κ1) is 11.9. The number of methoxy groups -OCH3 is 2. The third kappa shape index (κ3) is 2.26. The molecule has 0 heterocycles. The largest absolute Gasteiger partial charge is 0.497 e. The Morgan fingerprint density at radius 3 is 2.88 bits per heavy atom. The van der Waals surface area contributed by atoms with Crippen molar-refractivity contribution in [3.05, 3.63) is 29.3 Å². The molecule has 1 aliphatic carbocycles. The monoisotopic (exact) mass is 235 g/mol. The molecule has 0 aliphatic heterocycles. The van der Waals surface area contributed by atoms with Crippen molar-refractivity contribution in [2.24, 2.45) is 5.73 Å². The first-order valence-corrected chi connectivity index (χ1v) is 5.65. The number of benzene rings is 1. The second kappa shape index (κ2) is 4.75. The summed E-state index contributed by atoms with van der Waals surface area (Å²) in [4.78, 5) is 11.3. The second-order valence-electron chi connectivity index (χ2n) is 4.32. The summed E-state index contributed by atoms with van der Waals surface area (Å²) in [5.41, 5.74) is 8.39. The number of nitrogens with two attached hydrogens (primary N) is 1. The second-order valence-corrected chi connectivity index (χ2v) is 4.32. The summed E-state index contributed by atoms with van der Waals surface area (Å²) >= 11 is 0. The van der Waals surface area contributed by atoms with E-state index in [2.05, 4.69) is 0 Å². The highest BCUT2D eigenvalue weighted by molar-refractivity contribution is 5.71. The van der Waals surface area contributed by atoms with Crippen LogP contribution in [0.1, 0.15) is 23.5 Å². The lowest BCUT2D eigenvalue weighted by molar-refractivity contribution is -0.141. The van der Waals surface area contributed by atoms with Crippen LogP contribution in [0.4, 0.5) is 0 Å². The lowest BCUT2D eigenvalue weighted by Gasteiger charge is -2.15. The third-order valence-corrected chi connectivity index (χ3v) is 3.34. The van der Waals surface area contributed by atoms with Crippen LogP contribution in [-0.2, 0) is 16.0 Å². The Balaban J connectivity index is 2.25. The molecule has 0 aromatic heterocycles. The maximum Gasteiger partial charge on any atom is 0.306 e. The SMILES string of the molecule is COC(=O)CC1c2ccc(OC)cc2CC1N. The summed E-state index contributed by atoms with van der Waals surface area (Å²) in [5.74, 6) is 0.673. The summed E-state index contributed by atoms with van der Waals surface area (Å²) in [5, 5.41) is 0. The van der Waals surface area contributed by atoms with Gasteiger partial charge < -0.3 is 15.2 Å². The molecular formula is C13H17NO3. The van der Waals surface area contributed by atoms with Crippen molar-refractivity contribution in [1.29, 1.82) is 0 Å². The van der Waals surface area contributed by atoms with Crippen LogP contribution in [0.25, 0.3) is 0 Å². The van der Waals surface area contributed by atoms with E-state index in [1.54, 1.807) is 7.11 Å². The summed E-state index contributed by atoms with van der Waals surface area (Å²) in [6.07, 6.45) is 1.13. The van der Waals surface area contributed by atoms with Crippen molar-refractivity contribution in [3.63, 3.8) is 0 Å². The zero-order valence-electron chi connectivity index (χ0n) is 10.1. The Labute approximate surface area is 101 Å². The summed E-state index contributed by atoms with van der Waals surface area (Å²) in [6.45, 7) is 0. The molecule has 17 heavy (non-hydrogen) atoms. The molecule has 0 saturated carbocycles. The molecule has 0 amide bonds. The molecule has 1 aromatic carbocycles. The number of carbonyl (C=O) groups excluding carboxylic acids is 1. The Kier molecular flexibility index (Phi) is 3.33. The van der Waals surface area contributed by atoms with Crippen LogP contribution in [0, 0.1) is 0 Å². The molecule has 0 bridgehead atoms. The molecule has 2 rings (SSSR count). The Bertz CT molecular complexity index is 431. The molecule has 0 fully saturated rings. The summed E-state index contributed by atoms with van der Waals surface area (Å²) in [7, 11) is 3.04. The van der Waals surface area contributed by atoms with Gasteiger partial charge in [-0.2, -0.15) is 0 Å². The van der Waals surface area contributed by atoms with Crippen molar-refractivity contribution >= 4 is 5.97 Å². The fourth-order valence-electron chi connectivity index (χ4n) is 2.40. The highest BCUT2D eigenvalue weighted by Crippen LogP contribution is 2.36. The molecular weight excluding hydrogens is 218 g/mol. The lowest BCUT2D eigenvalue weighted by atomic mass is 9.95. The van der Waals surface area contributed by atoms with Crippen LogP contribution in [-0.4, -0.2) is 26.2 Å². The van der Waals surface area contributed by atoms with E-state index in [-0.39, 0.29) is 17.9 Å². The summed E-state index contributed by atoms with van der Waals surface area (Å²) < 4.78 is 9.88. The number of hydrogen-bond acceptors (Lipinski definition) is 4. The van der Waals surface area contributed by atoms with E-state index in [1.165, 1.54) is 12.7 Å². The van der Waals surface area contributed by atoms with E-state index < -0.39 is 0 Å². The van der Waals surface area contributed by atoms with Crippen LogP contribution >= 0.6 is 0 Å². The van der Waals surface area contributed by atoms with Gasteiger partial charge in [0.1, 0.15) is 5.75 Å². The smallest absolute Gasteiger partial charge is 0.306 e. The normalized spacial score (nSPS) is 22.1. The minimum atomic E-state index is -0.214. The fourth-order valence-corrected chi connectivity index (χ4v) is 2.40. The molecule has 0 spiro atoms. The lowest BCUT2D eigenvalue weighted by Crippen LogP contribution is -2.27. The number of rotatable bonds is 3. The van der Waals surface area contributed by atoms with Gasteiger partial charge in [0.05, 0.1) is 20.6 Å². The Hall–Kier alpha value is -1.55. The highest BCUT2D eigenvalue weighted by atomic mass is 16.5. The summed E-state index contributed by atoms with van der Waals surface area (Å²) in [6, 6.07) is 5.87. The van der Waals surface area contributed by atoms with Gasteiger partial charge >= 0.3 is 5.97 Å². The third-order valence-electron chi connectivity index (χ3n) is 3.34. The predicted octanol–water partition coefficient (Wildman–Crippen LogP) is 1.23. The molecule has 92 valence electrons. The van der Waals surface area contributed by atoms with E-state index in [0.29, 0.717) is 6.42 Å². The molecule has 2 N–H and O–H groups in total. The number of fused-ring (bicyclic) bond motifs is 1. The highest BCUT2D eigenvalue weighted by Gasteiger charge is 2.31. The van der Waals surface area contributed by atoms with Gasteiger partial charge in [-0.05, 0) is 29.7 Å². The van der Waals surface area contributed by atoms with E-state index in [4.69, 9.17) is 15.2 Å². The zero-order valence-corrected chi connectivity index (χ0v) is 10.1. The minimum Gasteiger partial charge on any atom is -0.497 e. The number of hydrogen-bond donors (Lipinski definition) is 1. The van der Waals surface area contributed by atoms with Gasteiger partial charge in [0, 0.05) is 12.0 Å². The van der Waals surface area contributed by atoms with Crippen LogP contribution in [0.5, 0.6) is 5.75 Å². The van der Waals surface area contributed by atoms with Crippen LogP contribution < -0.4 is 10.5 Å². The molecule has 1 aliphatic rings. The van der Waals surface area contributed by atoms with Gasteiger partial charge in [0.15, 0.2) is 0 Å². The molecule has 2 atom stereocenters. The van der Waals surface area contributed by atoms with E-state index in [0.717, 1.165) is 17.7 Å². The van der Waals surface area contributed by atoms with E-state index >= 15 is 0 Å². The average molecular weight is 235 g/mol. The van der Waals surface area contributed by atoms with Gasteiger partial charge in [-0.3, -0.25) is 4.79 Å². The molecule has 0 radical (unpaired) electrons. The molecule has 4 heteroatoms.